The second kappa shape index (κ2) is 8.48. The van der Waals surface area contributed by atoms with Gasteiger partial charge in [0.2, 0.25) is 0 Å². The summed E-state index contributed by atoms with van der Waals surface area (Å²) in [4.78, 5) is 6.52. The number of nitrogens with one attached hydrogen (secondary N) is 1. The fourth-order valence-corrected chi connectivity index (χ4v) is 3.02. The summed E-state index contributed by atoms with van der Waals surface area (Å²) < 4.78 is 6.14. The van der Waals surface area contributed by atoms with Crippen molar-refractivity contribution in [1.82, 2.24) is 10.3 Å². The predicted molar refractivity (Wildman–Crippen MR) is 91.9 cm³/mol. The van der Waals surface area contributed by atoms with Gasteiger partial charge in [0, 0.05) is 42.8 Å². The molecule has 21 heavy (non-hydrogen) atoms. The zero-order valence-corrected chi connectivity index (χ0v) is 14.7. The molecule has 1 aromatic heterocycles. The third-order valence-electron chi connectivity index (χ3n) is 3.16. The Morgan fingerprint density at radius 3 is 2.95 bits per heavy atom. The number of benzene rings is 1. The van der Waals surface area contributed by atoms with Crippen molar-refractivity contribution in [3.63, 3.8) is 0 Å². The molecule has 2 rings (SSSR count). The first-order valence-corrected chi connectivity index (χ1v) is 8.50. The molecule has 0 unspecified atom stereocenters. The quantitative estimate of drug-likeness (QED) is 0.724. The van der Waals surface area contributed by atoms with Gasteiger partial charge in [-0.15, -0.1) is 11.3 Å². The number of nitrogens with zero attached hydrogens (tertiary/aromatic N) is 2. The third-order valence-corrected chi connectivity index (χ3v) is 4.53. The molecule has 6 heteroatoms. The highest BCUT2D eigenvalue weighted by Gasteiger charge is 2.07. The maximum Gasteiger partial charge on any atom is 0.0795 e. The van der Waals surface area contributed by atoms with Crippen LogP contribution >= 0.6 is 27.3 Å². The summed E-state index contributed by atoms with van der Waals surface area (Å²) in [5, 5.41) is 5.43. The van der Waals surface area contributed by atoms with Gasteiger partial charge in [-0.05, 0) is 17.7 Å². The summed E-state index contributed by atoms with van der Waals surface area (Å²) in [7, 11) is 3.79. The zero-order chi connectivity index (χ0) is 15.1. The van der Waals surface area contributed by atoms with Gasteiger partial charge in [0.05, 0.1) is 24.4 Å². The SMILES string of the molecule is COCCNCc1ccc(N(C)Cc2cscn2)cc1Br. The molecule has 0 spiro atoms. The molecule has 0 amide bonds. The van der Waals surface area contributed by atoms with Crippen molar-refractivity contribution in [3.8, 4) is 0 Å². The van der Waals surface area contributed by atoms with Gasteiger partial charge < -0.3 is 15.0 Å². The lowest BCUT2D eigenvalue weighted by atomic mass is 10.2. The van der Waals surface area contributed by atoms with E-state index in [1.165, 1.54) is 11.3 Å². The van der Waals surface area contributed by atoms with Crippen LogP contribution in [0.3, 0.4) is 0 Å². The van der Waals surface area contributed by atoms with E-state index in [-0.39, 0.29) is 0 Å². The van der Waals surface area contributed by atoms with E-state index < -0.39 is 0 Å². The molecular formula is C15H20BrN3OS. The summed E-state index contributed by atoms with van der Waals surface area (Å²) >= 11 is 5.28. The molecule has 1 N–H and O–H groups in total. The fourth-order valence-electron chi connectivity index (χ4n) is 1.96. The lowest BCUT2D eigenvalue weighted by Gasteiger charge is -2.19. The standard InChI is InChI=1S/C15H20BrN3OS/c1-19(9-13-10-21-11-18-13)14-4-3-12(15(16)7-14)8-17-5-6-20-2/h3-4,7,10-11,17H,5-6,8-9H2,1-2H3. The van der Waals surface area contributed by atoms with Gasteiger partial charge in [-0.2, -0.15) is 0 Å². The number of aromatic nitrogens is 1. The number of thiazole rings is 1. The number of hydrogen-bond acceptors (Lipinski definition) is 5. The first-order chi connectivity index (χ1) is 10.2. The van der Waals surface area contributed by atoms with E-state index in [0.29, 0.717) is 0 Å². The van der Waals surface area contributed by atoms with E-state index in [1.54, 1.807) is 18.4 Å². The van der Waals surface area contributed by atoms with E-state index in [1.807, 2.05) is 5.51 Å². The molecule has 0 saturated heterocycles. The van der Waals surface area contributed by atoms with Crippen LogP contribution in [0.1, 0.15) is 11.3 Å². The Kier molecular flexibility index (Phi) is 6.63. The Morgan fingerprint density at radius 2 is 2.29 bits per heavy atom. The number of hydrogen-bond donors (Lipinski definition) is 1. The molecule has 0 bridgehead atoms. The topological polar surface area (TPSA) is 37.4 Å². The molecule has 0 radical (unpaired) electrons. The summed E-state index contributed by atoms with van der Waals surface area (Å²) in [6.45, 7) is 3.24. The van der Waals surface area contributed by atoms with Gasteiger partial charge in [-0.3, -0.25) is 0 Å². The number of rotatable bonds is 8. The number of ether oxygens (including phenoxy) is 1. The van der Waals surface area contributed by atoms with Crippen LogP contribution in [0.2, 0.25) is 0 Å². The average molecular weight is 370 g/mol. The maximum atomic E-state index is 5.02. The lowest BCUT2D eigenvalue weighted by Crippen LogP contribution is -2.19. The van der Waals surface area contributed by atoms with E-state index in [9.17, 15) is 0 Å². The molecule has 0 saturated carbocycles. The molecule has 4 nitrogen and oxygen atoms in total. The Balaban J connectivity index is 1.94. The normalized spacial score (nSPS) is 10.8. The van der Waals surface area contributed by atoms with Crippen LogP contribution in [0, 0.1) is 0 Å². The van der Waals surface area contributed by atoms with E-state index in [4.69, 9.17) is 4.74 Å². The van der Waals surface area contributed by atoms with Crippen LogP contribution in [0.25, 0.3) is 0 Å². The number of methoxy groups -OCH3 is 1. The van der Waals surface area contributed by atoms with E-state index in [2.05, 4.69) is 61.8 Å². The van der Waals surface area contributed by atoms with Crippen LogP contribution in [0.5, 0.6) is 0 Å². The minimum atomic E-state index is 0.728. The van der Waals surface area contributed by atoms with Crippen molar-refractivity contribution in [1.29, 1.82) is 0 Å². The second-order valence-corrected chi connectivity index (χ2v) is 6.35. The largest absolute Gasteiger partial charge is 0.383 e. The molecule has 0 aliphatic rings. The van der Waals surface area contributed by atoms with Crippen molar-refractivity contribution in [3.05, 3.63) is 44.8 Å². The third kappa shape index (κ3) is 5.07. The van der Waals surface area contributed by atoms with Crippen LogP contribution in [0.4, 0.5) is 5.69 Å². The molecule has 0 aliphatic heterocycles. The first kappa shape index (κ1) is 16.4. The second-order valence-electron chi connectivity index (χ2n) is 4.78. The maximum absolute atomic E-state index is 5.02. The van der Waals surface area contributed by atoms with E-state index in [0.717, 1.165) is 36.4 Å². The van der Waals surface area contributed by atoms with Crippen molar-refractivity contribution in [2.45, 2.75) is 13.1 Å². The Labute approximate surface area is 138 Å². The van der Waals surface area contributed by atoms with Crippen LogP contribution in [0.15, 0.2) is 33.6 Å². The van der Waals surface area contributed by atoms with Gasteiger partial charge in [0.25, 0.3) is 0 Å². The highest BCUT2D eigenvalue weighted by molar-refractivity contribution is 9.10. The Morgan fingerprint density at radius 1 is 1.43 bits per heavy atom. The highest BCUT2D eigenvalue weighted by Crippen LogP contribution is 2.24. The summed E-state index contributed by atoms with van der Waals surface area (Å²) in [5.74, 6) is 0. The molecule has 1 heterocycles. The molecule has 1 aromatic carbocycles. The average Bonchev–Trinajstić information content (AvgIpc) is 2.97. The van der Waals surface area contributed by atoms with Crippen LogP contribution < -0.4 is 10.2 Å². The van der Waals surface area contributed by atoms with Crippen LogP contribution in [-0.2, 0) is 17.8 Å². The monoisotopic (exact) mass is 369 g/mol. The smallest absolute Gasteiger partial charge is 0.0795 e. The molecule has 0 atom stereocenters. The summed E-state index contributed by atoms with van der Waals surface area (Å²) in [6, 6.07) is 6.45. The molecule has 0 fully saturated rings. The molecule has 114 valence electrons. The van der Waals surface area contributed by atoms with Gasteiger partial charge in [0.15, 0.2) is 0 Å². The minimum Gasteiger partial charge on any atom is -0.383 e. The molecule has 0 aliphatic carbocycles. The first-order valence-electron chi connectivity index (χ1n) is 6.77. The molecular weight excluding hydrogens is 350 g/mol. The minimum absolute atomic E-state index is 0.728. The van der Waals surface area contributed by atoms with Crippen molar-refractivity contribution in [2.24, 2.45) is 0 Å². The van der Waals surface area contributed by atoms with Gasteiger partial charge >= 0.3 is 0 Å². The van der Waals surface area contributed by atoms with Gasteiger partial charge in [-0.25, -0.2) is 4.98 Å². The van der Waals surface area contributed by atoms with Crippen molar-refractivity contribution < 1.29 is 4.74 Å². The number of anilines is 1. The van der Waals surface area contributed by atoms with Gasteiger partial charge in [-0.1, -0.05) is 22.0 Å². The zero-order valence-electron chi connectivity index (χ0n) is 12.3. The number of halogens is 1. The lowest BCUT2D eigenvalue weighted by molar-refractivity contribution is 0.199. The fraction of sp³-hybridized carbons (Fsp3) is 0.400. The van der Waals surface area contributed by atoms with Gasteiger partial charge in [0.1, 0.15) is 0 Å². The van der Waals surface area contributed by atoms with Crippen LogP contribution in [-0.4, -0.2) is 32.3 Å². The van der Waals surface area contributed by atoms with Crippen molar-refractivity contribution >= 4 is 33.0 Å². The van der Waals surface area contributed by atoms with Crippen molar-refractivity contribution in [2.75, 3.05) is 32.2 Å². The summed E-state index contributed by atoms with van der Waals surface area (Å²) in [5.41, 5.74) is 5.39. The molecule has 2 aromatic rings. The summed E-state index contributed by atoms with van der Waals surface area (Å²) in [6.07, 6.45) is 0. The van der Waals surface area contributed by atoms with E-state index >= 15 is 0 Å². The predicted octanol–water partition coefficient (Wildman–Crippen LogP) is 3.28. The highest BCUT2D eigenvalue weighted by atomic mass is 79.9. The Hall–Kier alpha value is -0.950. The Bertz CT molecular complexity index is 548.